The fourth-order valence-electron chi connectivity index (χ4n) is 2.41. The summed E-state index contributed by atoms with van der Waals surface area (Å²) in [6.07, 6.45) is 1.84. The van der Waals surface area contributed by atoms with Crippen LogP contribution in [-0.2, 0) is 9.47 Å². The Balaban J connectivity index is 1.64. The van der Waals surface area contributed by atoms with Crippen LogP contribution in [0, 0.1) is 0 Å². The van der Waals surface area contributed by atoms with Gasteiger partial charge in [0.2, 0.25) is 5.13 Å². The summed E-state index contributed by atoms with van der Waals surface area (Å²) >= 11 is 1.50. The smallest absolute Gasteiger partial charge is 0.205 e. The molecule has 2 aliphatic rings. The van der Waals surface area contributed by atoms with Crippen LogP contribution in [0.15, 0.2) is 0 Å². The second-order valence-corrected chi connectivity index (χ2v) is 5.91. The minimum absolute atomic E-state index is 0.304. The van der Waals surface area contributed by atoms with Gasteiger partial charge in [-0.05, 0) is 0 Å². The van der Waals surface area contributed by atoms with Crippen molar-refractivity contribution in [2.24, 2.45) is 0 Å². The predicted molar refractivity (Wildman–Crippen MR) is 70.1 cm³/mol. The summed E-state index contributed by atoms with van der Waals surface area (Å²) in [7, 11) is 0. The molecule has 5 nitrogen and oxygen atoms in total. The number of anilines is 1. The first-order valence-electron chi connectivity index (χ1n) is 6.55. The highest BCUT2D eigenvalue weighted by molar-refractivity contribution is 7.09. The first-order valence-corrected chi connectivity index (χ1v) is 7.32. The van der Waals surface area contributed by atoms with Crippen LogP contribution >= 0.6 is 11.5 Å². The molecule has 1 aromatic rings. The third-order valence-electron chi connectivity index (χ3n) is 3.56. The third-order valence-corrected chi connectivity index (χ3v) is 4.35. The quantitative estimate of drug-likeness (QED) is 0.822. The summed E-state index contributed by atoms with van der Waals surface area (Å²) in [5.41, 5.74) is 0. The molecule has 2 fully saturated rings. The molecule has 0 unspecified atom stereocenters. The van der Waals surface area contributed by atoms with Crippen LogP contribution in [-0.4, -0.2) is 41.4 Å². The normalized spacial score (nSPS) is 23.2. The highest BCUT2D eigenvalue weighted by Gasteiger charge is 2.40. The maximum atomic E-state index is 5.73. The molecule has 1 aromatic heterocycles. The van der Waals surface area contributed by atoms with Crippen molar-refractivity contribution in [3.05, 3.63) is 5.82 Å². The van der Waals surface area contributed by atoms with Crippen molar-refractivity contribution in [1.82, 2.24) is 9.36 Å². The van der Waals surface area contributed by atoms with Gasteiger partial charge in [-0.1, -0.05) is 13.8 Å². The van der Waals surface area contributed by atoms with Gasteiger partial charge in [0.15, 0.2) is 5.79 Å². The van der Waals surface area contributed by atoms with Gasteiger partial charge in [0.25, 0.3) is 0 Å². The van der Waals surface area contributed by atoms with E-state index >= 15 is 0 Å². The van der Waals surface area contributed by atoms with E-state index < -0.39 is 0 Å². The van der Waals surface area contributed by atoms with Gasteiger partial charge < -0.3 is 14.4 Å². The molecule has 18 heavy (non-hydrogen) atoms. The molecule has 6 heteroatoms. The molecule has 3 rings (SSSR count). The summed E-state index contributed by atoms with van der Waals surface area (Å²) in [6.45, 7) is 7.58. The molecule has 2 saturated heterocycles. The molecule has 0 bridgehead atoms. The van der Waals surface area contributed by atoms with Crippen LogP contribution in [0.1, 0.15) is 38.4 Å². The number of hydrogen-bond donors (Lipinski definition) is 0. The van der Waals surface area contributed by atoms with E-state index in [2.05, 4.69) is 28.1 Å². The van der Waals surface area contributed by atoms with Crippen molar-refractivity contribution in [1.29, 1.82) is 0 Å². The van der Waals surface area contributed by atoms with E-state index in [0.717, 1.165) is 50.1 Å². The number of aromatic nitrogens is 2. The van der Waals surface area contributed by atoms with E-state index in [1.54, 1.807) is 0 Å². The van der Waals surface area contributed by atoms with Crippen molar-refractivity contribution in [2.45, 2.75) is 38.4 Å². The number of ether oxygens (including phenoxy) is 2. The zero-order valence-electron chi connectivity index (χ0n) is 10.9. The van der Waals surface area contributed by atoms with Gasteiger partial charge in [-0.3, -0.25) is 0 Å². The maximum absolute atomic E-state index is 5.73. The fraction of sp³-hybridized carbons (Fsp3) is 0.833. The highest BCUT2D eigenvalue weighted by Crippen LogP contribution is 2.33. The van der Waals surface area contributed by atoms with Crippen molar-refractivity contribution in [3.63, 3.8) is 0 Å². The highest BCUT2D eigenvalue weighted by atomic mass is 32.1. The Hall–Kier alpha value is -0.720. The molecule has 1 spiro atoms. The van der Waals surface area contributed by atoms with Crippen LogP contribution in [0.3, 0.4) is 0 Å². The molecular weight excluding hydrogens is 250 g/mol. The molecule has 2 aliphatic heterocycles. The summed E-state index contributed by atoms with van der Waals surface area (Å²) in [6, 6.07) is 0. The van der Waals surface area contributed by atoms with Crippen LogP contribution in [0.25, 0.3) is 0 Å². The van der Waals surface area contributed by atoms with Gasteiger partial charge in [0, 0.05) is 43.4 Å². The average Bonchev–Trinajstić information content (AvgIpc) is 3.00. The van der Waals surface area contributed by atoms with E-state index in [1.807, 2.05) is 0 Å². The molecule has 100 valence electrons. The molecule has 0 atom stereocenters. The summed E-state index contributed by atoms with van der Waals surface area (Å²) in [4.78, 5) is 6.89. The Morgan fingerprint density at radius 1 is 1.22 bits per heavy atom. The molecule has 0 radical (unpaired) electrons. The second kappa shape index (κ2) is 4.75. The first-order chi connectivity index (χ1) is 8.69. The Labute approximate surface area is 111 Å². The molecular formula is C12H19N3O2S. The molecule has 0 saturated carbocycles. The van der Waals surface area contributed by atoms with E-state index in [-0.39, 0.29) is 5.79 Å². The van der Waals surface area contributed by atoms with Gasteiger partial charge in [0.1, 0.15) is 5.82 Å². The Bertz CT molecular complexity index is 405. The lowest BCUT2D eigenvalue weighted by molar-refractivity contribution is -0.169. The van der Waals surface area contributed by atoms with Crippen LogP contribution < -0.4 is 4.90 Å². The predicted octanol–water partition coefficient (Wildman–Crippen LogP) is 2.00. The summed E-state index contributed by atoms with van der Waals surface area (Å²) in [5, 5.41) is 1.03. The lowest BCUT2D eigenvalue weighted by atomic mass is 10.0. The number of piperidine rings is 1. The number of hydrogen-bond acceptors (Lipinski definition) is 6. The minimum Gasteiger partial charge on any atom is -0.347 e. The van der Waals surface area contributed by atoms with Gasteiger partial charge in [-0.25, -0.2) is 4.98 Å². The van der Waals surface area contributed by atoms with Gasteiger partial charge in [-0.2, -0.15) is 4.37 Å². The van der Waals surface area contributed by atoms with E-state index in [9.17, 15) is 0 Å². The van der Waals surface area contributed by atoms with Gasteiger partial charge >= 0.3 is 0 Å². The summed E-state index contributed by atoms with van der Waals surface area (Å²) in [5.74, 6) is 1.04. The average molecular weight is 269 g/mol. The van der Waals surface area contributed by atoms with E-state index in [4.69, 9.17) is 9.47 Å². The molecule has 0 amide bonds. The van der Waals surface area contributed by atoms with Crippen LogP contribution in [0.5, 0.6) is 0 Å². The standard InChI is InChI=1S/C12H19N3O2S/c1-9(2)10-13-11(18-14-10)15-5-3-12(4-6-15)16-7-8-17-12/h9H,3-8H2,1-2H3. The molecule has 0 N–H and O–H groups in total. The van der Waals surface area contributed by atoms with Crippen molar-refractivity contribution < 1.29 is 9.47 Å². The molecule has 3 heterocycles. The first kappa shape index (κ1) is 12.3. The van der Waals surface area contributed by atoms with Crippen molar-refractivity contribution in [3.8, 4) is 0 Å². The van der Waals surface area contributed by atoms with Gasteiger partial charge in [-0.15, -0.1) is 0 Å². The molecule has 0 aromatic carbocycles. The lowest BCUT2D eigenvalue weighted by Crippen LogP contribution is -2.45. The fourth-order valence-corrected chi connectivity index (χ4v) is 3.27. The number of rotatable bonds is 2. The Morgan fingerprint density at radius 2 is 1.89 bits per heavy atom. The largest absolute Gasteiger partial charge is 0.347 e. The van der Waals surface area contributed by atoms with E-state index in [0.29, 0.717) is 5.92 Å². The maximum Gasteiger partial charge on any atom is 0.205 e. The monoisotopic (exact) mass is 269 g/mol. The Morgan fingerprint density at radius 3 is 2.44 bits per heavy atom. The zero-order valence-corrected chi connectivity index (χ0v) is 11.7. The zero-order chi connectivity index (χ0) is 12.6. The SMILES string of the molecule is CC(C)c1nsc(N2CCC3(CC2)OCCO3)n1. The molecule has 0 aliphatic carbocycles. The van der Waals surface area contributed by atoms with Gasteiger partial charge in [0.05, 0.1) is 13.2 Å². The minimum atomic E-state index is -0.304. The lowest BCUT2D eigenvalue weighted by Gasteiger charge is -2.37. The van der Waals surface area contributed by atoms with Crippen LogP contribution in [0.2, 0.25) is 0 Å². The van der Waals surface area contributed by atoms with Crippen molar-refractivity contribution >= 4 is 16.7 Å². The topological polar surface area (TPSA) is 47.5 Å². The van der Waals surface area contributed by atoms with Crippen molar-refractivity contribution in [2.75, 3.05) is 31.2 Å². The van der Waals surface area contributed by atoms with E-state index in [1.165, 1.54) is 11.5 Å². The number of nitrogens with zero attached hydrogens (tertiary/aromatic N) is 3. The van der Waals surface area contributed by atoms with Crippen LogP contribution in [0.4, 0.5) is 5.13 Å². The third kappa shape index (κ3) is 2.24. The Kier molecular flexibility index (Phi) is 3.25. The summed E-state index contributed by atoms with van der Waals surface area (Å²) < 4.78 is 15.9. The second-order valence-electron chi connectivity index (χ2n) is 5.18.